The summed E-state index contributed by atoms with van der Waals surface area (Å²) >= 11 is 3.28. The molecule has 0 saturated carbocycles. The van der Waals surface area contributed by atoms with Gasteiger partial charge in [-0.05, 0) is 58.7 Å². The summed E-state index contributed by atoms with van der Waals surface area (Å²) in [6.07, 6.45) is 7.26. The van der Waals surface area contributed by atoms with Crippen LogP contribution < -0.4 is 0 Å². The molecule has 32 heavy (non-hydrogen) atoms. The second-order valence-electron chi connectivity index (χ2n) is 7.28. The molecule has 0 unspecified atom stereocenters. The van der Waals surface area contributed by atoms with E-state index in [1.165, 1.54) is 0 Å². The summed E-state index contributed by atoms with van der Waals surface area (Å²) in [7, 11) is 0. The van der Waals surface area contributed by atoms with Gasteiger partial charge in [-0.15, -0.1) is 0 Å². The zero-order valence-corrected chi connectivity index (χ0v) is 18.5. The van der Waals surface area contributed by atoms with Crippen LogP contribution in [0.15, 0.2) is 97.6 Å². The SMILES string of the molecule is c1cc(-c2ccncc2)cc(-c2nc3sc(-c4cccc(-c5ccncc5)c4)nc3s2)c1. The molecule has 4 nitrogen and oxygen atoms in total. The van der Waals surface area contributed by atoms with Crippen LogP contribution in [0.3, 0.4) is 0 Å². The van der Waals surface area contributed by atoms with E-state index in [0.29, 0.717) is 0 Å². The van der Waals surface area contributed by atoms with E-state index in [4.69, 9.17) is 9.97 Å². The summed E-state index contributed by atoms with van der Waals surface area (Å²) in [5.41, 5.74) is 6.82. The van der Waals surface area contributed by atoms with Gasteiger partial charge in [0, 0.05) is 35.9 Å². The van der Waals surface area contributed by atoms with E-state index >= 15 is 0 Å². The minimum atomic E-state index is 0.976. The van der Waals surface area contributed by atoms with Crippen molar-refractivity contribution in [3.63, 3.8) is 0 Å². The zero-order valence-electron chi connectivity index (χ0n) is 16.8. The van der Waals surface area contributed by atoms with Crippen molar-refractivity contribution in [2.45, 2.75) is 0 Å². The molecule has 0 aliphatic carbocycles. The summed E-state index contributed by atoms with van der Waals surface area (Å²) in [4.78, 5) is 20.0. The second-order valence-corrected chi connectivity index (χ2v) is 9.24. The topological polar surface area (TPSA) is 51.6 Å². The lowest BCUT2D eigenvalue weighted by molar-refractivity contribution is 1.33. The fourth-order valence-corrected chi connectivity index (χ4v) is 5.68. The highest BCUT2D eigenvalue weighted by molar-refractivity contribution is 7.29. The molecule has 0 fully saturated rings. The molecule has 0 spiro atoms. The number of benzene rings is 2. The second kappa shape index (κ2) is 8.07. The van der Waals surface area contributed by atoms with Gasteiger partial charge in [-0.2, -0.15) is 0 Å². The molecule has 0 aliphatic heterocycles. The van der Waals surface area contributed by atoms with Gasteiger partial charge in [0.1, 0.15) is 10.0 Å². The molecule has 4 heterocycles. The molecule has 4 aromatic heterocycles. The maximum absolute atomic E-state index is 4.90. The number of pyridine rings is 2. The summed E-state index contributed by atoms with van der Waals surface area (Å²) < 4.78 is 0. The molecule has 152 valence electrons. The molecule has 0 aliphatic rings. The Morgan fingerprint density at radius 1 is 0.438 bits per heavy atom. The molecule has 0 saturated heterocycles. The first-order valence-electron chi connectivity index (χ1n) is 10.1. The highest BCUT2D eigenvalue weighted by Gasteiger charge is 2.14. The van der Waals surface area contributed by atoms with E-state index in [0.717, 1.165) is 53.1 Å². The van der Waals surface area contributed by atoms with Crippen molar-refractivity contribution in [2.24, 2.45) is 0 Å². The van der Waals surface area contributed by atoms with Crippen molar-refractivity contribution < 1.29 is 0 Å². The van der Waals surface area contributed by atoms with Gasteiger partial charge < -0.3 is 0 Å². The monoisotopic (exact) mass is 448 g/mol. The van der Waals surface area contributed by atoms with E-state index in [1.54, 1.807) is 22.7 Å². The Hall–Kier alpha value is -3.74. The number of nitrogens with zero attached hydrogens (tertiary/aromatic N) is 4. The molecule has 0 radical (unpaired) electrons. The summed E-state index contributed by atoms with van der Waals surface area (Å²) in [6, 6.07) is 25.0. The number of thiazole rings is 2. The van der Waals surface area contributed by atoms with Gasteiger partial charge >= 0.3 is 0 Å². The molecular formula is C26H16N4S2. The average Bonchev–Trinajstić information content (AvgIpc) is 3.45. The Labute approximate surface area is 193 Å². The van der Waals surface area contributed by atoms with Crippen molar-refractivity contribution in [1.29, 1.82) is 0 Å². The lowest BCUT2D eigenvalue weighted by atomic mass is 10.0. The maximum Gasteiger partial charge on any atom is 0.155 e. The van der Waals surface area contributed by atoms with Crippen LogP contribution in [-0.2, 0) is 0 Å². The molecule has 0 N–H and O–H groups in total. The number of fused-ring (bicyclic) bond motifs is 1. The number of hydrogen-bond donors (Lipinski definition) is 0. The van der Waals surface area contributed by atoms with Crippen molar-refractivity contribution in [1.82, 2.24) is 19.9 Å². The van der Waals surface area contributed by atoms with Crippen LogP contribution in [0.2, 0.25) is 0 Å². The van der Waals surface area contributed by atoms with Crippen LogP contribution in [0.25, 0.3) is 53.1 Å². The van der Waals surface area contributed by atoms with E-state index in [1.807, 2.05) is 49.1 Å². The molecule has 0 amide bonds. The molecule has 2 aromatic carbocycles. The third-order valence-corrected chi connectivity index (χ3v) is 7.35. The Kier molecular flexibility index (Phi) is 4.79. The summed E-state index contributed by atoms with van der Waals surface area (Å²) in [5, 5.41) is 1.98. The van der Waals surface area contributed by atoms with E-state index in [9.17, 15) is 0 Å². The summed E-state index contributed by atoms with van der Waals surface area (Å²) in [6.45, 7) is 0. The third kappa shape index (κ3) is 3.60. The molecule has 0 atom stereocenters. The van der Waals surface area contributed by atoms with E-state index in [2.05, 4.69) is 58.5 Å². The first kappa shape index (κ1) is 19.0. The number of aromatic nitrogens is 4. The van der Waals surface area contributed by atoms with Gasteiger partial charge in [0.2, 0.25) is 0 Å². The Morgan fingerprint density at radius 2 is 0.844 bits per heavy atom. The average molecular weight is 449 g/mol. The van der Waals surface area contributed by atoms with E-state index < -0.39 is 0 Å². The highest BCUT2D eigenvalue weighted by Crippen LogP contribution is 2.38. The van der Waals surface area contributed by atoms with Crippen molar-refractivity contribution >= 4 is 32.3 Å². The fourth-order valence-electron chi connectivity index (χ4n) is 3.64. The van der Waals surface area contributed by atoms with Crippen LogP contribution in [0, 0.1) is 0 Å². The van der Waals surface area contributed by atoms with Crippen LogP contribution in [0.1, 0.15) is 0 Å². The predicted octanol–water partition coefficient (Wildman–Crippen LogP) is 7.21. The van der Waals surface area contributed by atoms with Crippen LogP contribution in [0.4, 0.5) is 0 Å². The van der Waals surface area contributed by atoms with Crippen LogP contribution >= 0.6 is 22.7 Å². The van der Waals surface area contributed by atoms with E-state index in [-0.39, 0.29) is 0 Å². The Balaban J connectivity index is 1.34. The standard InChI is InChI=1S/C26H16N4S2/c1-3-19(17-7-11-27-12-8-17)15-21(5-1)23-29-25-26(31-23)30-24(32-25)22-6-2-4-20(16-22)18-9-13-28-14-10-18/h1-16H. The van der Waals surface area contributed by atoms with Gasteiger partial charge in [0.15, 0.2) is 9.66 Å². The molecule has 0 bridgehead atoms. The first-order valence-corrected chi connectivity index (χ1v) is 11.8. The van der Waals surface area contributed by atoms with Gasteiger partial charge in [-0.25, -0.2) is 9.97 Å². The lowest BCUT2D eigenvalue weighted by Crippen LogP contribution is -1.81. The first-order chi connectivity index (χ1) is 15.8. The zero-order chi connectivity index (χ0) is 21.3. The maximum atomic E-state index is 4.90. The largest absolute Gasteiger partial charge is 0.265 e. The molecular weight excluding hydrogens is 432 g/mol. The Bertz CT molecular complexity index is 1380. The highest BCUT2D eigenvalue weighted by atomic mass is 32.1. The lowest BCUT2D eigenvalue weighted by Gasteiger charge is -2.03. The minimum absolute atomic E-state index is 0.976. The van der Waals surface area contributed by atoms with Gasteiger partial charge in [0.25, 0.3) is 0 Å². The van der Waals surface area contributed by atoms with Crippen molar-refractivity contribution in [2.75, 3.05) is 0 Å². The summed E-state index contributed by atoms with van der Waals surface area (Å²) in [5.74, 6) is 0. The smallest absolute Gasteiger partial charge is 0.155 e. The molecule has 6 heteroatoms. The fraction of sp³-hybridized carbons (Fsp3) is 0. The van der Waals surface area contributed by atoms with Gasteiger partial charge in [-0.1, -0.05) is 59.1 Å². The normalized spacial score (nSPS) is 11.1. The molecule has 6 rings (SSSR count). The Morgan fingerprint density at radius 3 is 1.28 bits per heavy atom. The predicted molar refractivity (Wildman–Crippen MR) is 133 cm³/mol. The van der Waals surface area contributed by atoms with Crippen molar-refractivity contribution in [3.05, 3.63) is 97.6 Å². The minimum Gasteiger partial charge on any atom is -0.265 e. The van der Waals surface area contributed by atoms with Crippen LogP contribution in [0.5, 0.6) is 0 Å². The quantitative estimate of drug-likeness (QED) is 0.286. The van der Waals surface area contributed by atoms with Gasteiger partial charge in [0.05, 0.1) is 0 Å². The number of rotatable bonds is 4. The molecule has 6 aromatic rings. The number of hydrogen-bond acceptors (Lipinski definition) is 6. The van der Waals surface area contributed by atoms with Crippen molar-refractivity contribution in [3.8, 4) is 43.4 Å². The third-order valence-electron chi connectivity index (χ3n) is 5.22. The van der Waals surface area contributed by atoms with Crippen LogP contribution in [-0.4, -0.2) is 19.9 Å². The van der Waals surface area contributed by atoms with Gasteiger partial charge in [-0.3, -0.25) is 9.97 Å².